The number of benzene rings is 1. The van der Waals surface area contributed by atoms with Gasteiger partial charge in [0, 0.05) is 36.5 Å². The van der Waals surface area contributed by atoms with Gasteiger partial charge in [-0.15, -0.1) is 0 Å². The summed E-state index contributed by atoms with van der Waals surface area (Å²) in [6.45, 7) is 3.86. The Kier molecular flexibility index (Phi) is 6.14. The van der Waals surface area contributed by atoms with E-state index < -0.39 is 0 Å². The van der Waals surface area contributed by atoms with Crippen LogP contribution in [0.4, 0.5) is 5.69 Å². The Morgan fingerprint density at radius 2 is 2.05 bits per heavy atom. The highest BCUT2D eigenvalue weighted by atomic mass is 32.2. The molecule has 0 bridgehead atoms. The Hall–Kier alpha value is -1.67. The maximum Gasteiger partial charge on any atom is 0.223 e. The molecule has 1 aromatic rings. The maximum atomic E-state index is 12.1. The SMILES string of the molecule is CSC[C@@H](C)C(=O)NC1CCN(c2ccc(C#N)cc2)CC1. The molecule has 1 amide bonds. The first kappa shape index (κ1) is 16.7. The smallest absolute Gasteiger partial charge is 0.223 e. The molecule has 1 fully saturated rings. The lowest BCUT2D eigenvalue weighted by Gasteiger charge is -2.34. The zero-order valence-electron chi connectivity index (χ0n) is 13.2. The number of rotatable bonds is 5. The van der Waals surface area contributed by atoms with Gasteiger partial charge in [-0.1, -0.05) is 6.92 Å². The first-order valence-electron chi connectivity index (χ1n) is 7.68. The molecule has 1 N–H and O–H groups in total. The van der Waals surface area contributed by atoms with E-state index in [9.17, 15) is 4.79 Å². The largest absolute Gasteiger partial charge is 0.371 e. The molecular weight excluding hydrogens is 294 g/mol. The van der Waals surface area contributed by atoms with Gasteiger partial charge in [0.05, 0.1) is 11.6 Å². The summed E-state index contributed by atoms with van der Waals surface area (Å²) in [6.07, 6.45) is 3.97. The lowest BCUT2D eigenvalue weighted by Crippen LogP contribution is -2.46. The van der Waals surface area contributed by atoms with Crippen LogP contribution in [0.15, 0.2) is 24.3 Å². The van der Waals surface area contributed by atoms with Gasteiger partial charge in [0.2, 0.25) is 5.91 Å². The molecule has 0 radical (unpaired) electrons. The first-order valence-corrected chi connectivity index (χ1v) is 9.08. The van der Waals surface area contributed by atoms with Crippen LogP contribution in [0.2, 0.25) is 0 Å². The Balaban J connectivity index is 1.82. The standard InChI is InChI=1S/C17H23N3OS/c1-13(12-22-2)17(21)19-15-7-9-20(10-8-15)16-5-3-14(11-18)4-6-16/h3-6,13,15H,7-10,12H2,1-2H3,(H,19,21)/t13-/m1/s1. The molecule has 4 nitrogen and oxygen atoms in total. The second kappa shape index (κ2) is 8.09. The van der Waals surface area contributed by atoms with Gasteiger partial charge in [-0.25, -0.2) is 0 Å². The Morgan fingerprint density at radius 3 is 2.59 bits per heavy atom. The fourth-order valence-electron chi connectivity index (χ4n) is 2.70. The van der Waals surface area contributed by atoms with E-state index in [0.717, 1.165) is 37.4 Å². The summed E-state index contributed by atoms with van der Waals surface area (Å²) in [5.74, 6) is 1.12. The number of thioether (sulfide) groups is 1. The van der Waals surface area contributed by atoms with E-state index in [2.05, 4.69) is 16.3 Å². The van der Waals surface area contributed by atoms with Crippen molar-refractivity contribution < 1.29 is 4.79 Å². The van der Waals surface area contributed by atoms with E-state index in [1.807, 2.05) is 37.4 Å². The van der Waals surface area contributed by atoms with Crippen LogP contribution < -0.4 is 10.2 Å². The fraction of sp³-hybridized carbons (Fsp3) is 0.529. The lowest BCUT2D eigenvalue weighted by molar-refractivity contribution is -0.124. The monoisotopic (exact) mass is 317 g/mol. The quantitative estimate of drug-likeness (QED) is 0.907. The molecule has 1 aromatic carbocycles. The molecule has 1 saturated heterocycles. The number of nitriles is 1. The van der Waals surface area contributed by atoms with Crippen molar-refractivity contribution in [1.29, 1.82) is 5.26 Å². The predicted octanol–water partition coefficient (Wildman–Crippen LogP) is 2.64. The van der Waals surface area contributed by atoms with Crippen LogP contribution in [0.1, 0.15) is 25.3 Å². The Labute approximate surface area is 136 Å². The van der Waals surface area contributed by atoms with E-state index in [0.29, 0.717) is 5.56 Å². The molecule has 1 heterocycles. The summed E-state index contributed by atoms with van der Waals surface area (Å²) in [4.78, 5) is 14.4. The third-order valence-electron chi connectivity index (χ3n) is 4.07. The minimum Gasteiger partial charge on any atom is -0.371 e. The number of anilines is 1. The van der Waals surface area contributed by atoms with Crippen LogP contribution in [0.25, 0.3) is 0 Å². The third-order valence-corrected chi connectivity index (χ3v) is 4.90. The summed E-state index contributed by atoms with van der Waals surface area (Å²) in [5.41, 5.74) is 1.84. The normalized spacial score (nSPS) is 16.9. The topological polar surface area (TPSA) is 56.1 Å². The number of nitrogens with zero attached hydrogens (tertiary/aromatic N) is 2. The Bertz CT molecular complexity index is 530. The number of hydrogen-bond donors (Lipinski definition) is 1. The van der Waals surface area contributed by atoms with E-state index in [-0.39, 0.29) is 17.9 Å². The van der Waals surface area contributed by atoms with Gasteiger partial charge in [-0.05, 0) is 43.4 Å². The average Bonchev–Trinajstić information content (AvgIpc) is 2.56. The second-order valence-electron chi connectivity index (χ2n) is 5.78. The zero-order valence-corrected chi connectivity index (χ0v) is 14.0. The zero-order chi connectivity index (χ0) is 15.9. The van der Waals surface area contributed by atoms with E-state index >= 15 is 0 Å². The summed E-state index contributed by atoms with van der Waals surface area (Å²) >= 11 is 1.71. The van der Waals surface area contributed by atoms with Crippen LogP contribution >= 0.6 is 11.8 Å². The van der Waals surface area contributed by atoms with Crippen molar-refractivity contribution in [3.8, 4) is 6.07 Å². The summed E-state index contributed by atoms with van der Waals surface area (Å²) in [7, 11) is 0. The molecule has 0 saturated carbocycles. The van der Waals surface area contributed by atoms with Crippen molar-refractivity contribution >= 4 is 23.4 Å². The van der Waals surface area contributed by atoms with Gasteiger partial charge >= 0.3 is 0 Å². The van der Waals surface area contributed by atoms with E-state index in [1.165, 1.54) is 0 Å². The van der Waals surface area contributed by atoms with Crippen molar-refractivity contribution in [3.05, 3.63) is 29.8 Å². The molecular formula is C17H23N3OS. The highest BCUT2D eigenvalue weighted by molar-refractivity contribution is 7.98. The summed E-state index contributed by atoms with van der Waals surface area (Å²) < 4.78 is 0. The number of nitrogens with one attached hydrogen (secondary N) is 1. The lowest BCUT2D eigenvalue weighted by atomic mass is 10.0. The van der Waals surface area contributed by atoms with Crippen LogP contribution in [-0.4, -0.2) is 37.0 Å². The predicted molar refractivity (Wildman–Crippen MR) is 92.1 cm³/mol. The van der Waals surface area contributed by atoms with Crippen molar-refractivity contribution in [2.75, 3.05) is 30.0 Å². The molecule has 0 aliphatic carbocycles. The van der Waals surface area contributed by atoms with Crippen molar-refractivity contribution in [3.63, 3.8) is 0 Å². The minimum atomic E-state index is 0.0755. The van der Waals surface area contributed by atoms with Gasteiger partial charge in [0.25, 0.3) is 0 Å². The van der Waals surface area contributed by atoms with Crippen LogP contribution in [-0.2, 0) is 4.79 Å². The number of hydrogen-bond acceptors (Lipinski definition) is 4. The van der Waals surface area contributed by atoms with Crippen LogP contribution in [0, 0.1) is 17.2 Å². The van der Waals surface area contributed by atoms with Crippen molar-refractivity contribution in [2.45, 2.75) is 25.8 Å². The van der Waals surface area contributed by atoms with Crippen LogP contribution in [0.3, 0.4) is 0 Å². The highest BCUT2D eigenvalue weighted by Crippen LogP contribution is 2.20. The number of carbonyl (C=O) groups is 1. The molecule has 0 spiro atoms. The molecule has 1 aliphatic rings. The van der Waals surface area contributed by atoms with Gasteiger partial charge < -0.3 is 10.2 Å². The molecule has 2 rings (SSSR count). The molecule has 118 valence electrons. The highest BCUT2D eigenvalue weighted by Gasteiger charge is 2.22. The van der Waals surface area contributed by atoms with Crippen molar-refractivity contribution in [1.82, 2.24) is 5.32 Å². The van der Waals surface area contributed by atoms with E-state index in [1.54, 1.807) is 11.8 Å². The van der Waals surface area contributed by atoms with E-state index in [4.69, 9.17) is 5.26 Å². The minimum absolute atomic E-state index is 0.0755. The van der Waals surface area contributed by atoms with Gasteiger partial charge in [-0.3, -0.25) is 4.79 Å². The molecule has 0 aromatic heterocycles. The van der Waals surface area contributed by atoms with Crippen molar-refractivity contribution in [2.24, 2.45) is 5.92 Å². The van der Waals surface area contributed by atoms with Gasteiger partial charge in [0.1, 0.15) is 0 Å². The molecule has 0 unspecified atom stereocenters. The Morgan fingerprint density at radius 1 is 1.41 bits per heavy atom. The van der Waals surface area contributed by atoms with Crippen LogP contribution in [0.5, 0.6) is 0 Å². The third kappa shape index (κ3) is 4.41. The number of carbonyl (C=O) groups excluding carboxylic acids is 1. The van der Waals surface area contributed by atoms with Gasteiger partial charge in [0.15, 0.2) is 0 Å². The number of amides is 1. The molecule has 22 heavy (non-hydrogen) atoms. The molecule has 1 aliphatic heterocycles. The summed E-state index contributed by atoms with van der Waals surface area (Å²) in [6, 6.07) is 10.1. The second-order valence-corrected chi connectivity index (χ2v) is 6.70. The number of piperidine rings is 1. The average molecular weight is 317 g/mol. The fourth-order valence-corrected chi connectivity index (χ4v) is 3.35. The first-order chi connectivity index (χ1) is 10.6. The maximum absolute atomic E-state index is 12.1. The molecule has 5 heteroatoms. The van der Waals surface area contributed by atoms with Gasteiger partial charge in [-0.2, -0.15) is 17.0 Å². The summed E-state index contributed by atoms with van der Waals surface area (Å²) in [5, 5.41) is 12.0. The molecule has 1 atom stereocenters.